The monoisotopic (exact) mass is 384 g/mol. The third kappa shape index (κ3) is 3.81. The second kappa shape index (κ2) is 7.56. The first kappa shape index (κ1) is 18.6. The summed E-state index contributed by atoms with van der Waals surface area (Å²) in [5.74, 6) is -0.149. The molecule has 0 bridgehead atoms. The second-order valence-electron chi connectivity index (χ2n) is 5.56. The number of ether oxygens (including phenoxy) is 1. The maximum Gasteiger partial charge on any atom is 0.267 e. The molecule has 27 heavy (non-hydrogen) atoms. The molecule has 0 unspecified atom stereocenters. The largest absolute Gasteiger partial charge is 0.497 e. The van der Waals surface area contributed by atoms with Crippen LogP contribution in [0.2, 0.25) is 0 Å². The molecule has 0 aliphatic heterocycles. The summed E-state index contributed by atoms with van der Waals surface area (Å²) in [5, 5.41) is 9.20. The van der Waals surface area contributed by atoms with E-state index in [1.54, 1.807) is 36.4 Å². The molecule has 1 amide bonds. The summed E-state index contributed by atoms with van der Waals surface area (Å²) in [7, 11) is -2.32. The van der Waals surface area contributed by atoms with E-state index in [4.69, 9.17) is 9.94 Å². The van der Waals surface area contributed by atoms with Gasteiger partial charge in [0.1, 0.15) is 5.75 Å². The number of sulfone groups is 1. The number of fused-ring (bicyclic) bond motifs is 1. The minimum atomic E-state index is -3.82. The van der Waals surface area contributed by atoms with Crippen LogP contribution in [0.15, 0.2) is 70.6 Å². The molecule has 0 saturated carbocycles. The van der Waals surface area contributed by atoms with Crippen molar-refractivity contribution < 1.29 is 23.2 Å². The molecule has 0 radical (unpaired) electrons. The molecule has 0 spiro atoms. The van der Waals surface area contributed by atoms with Crippen molar-refractivity contribution in [2.45, 2.75) is 9.92 Å². The minimum Gasteiger partial charge on any atom is -0.497 e. The molecule has 3 rings (SSSR count). The summed E-state index contributed by atoms with van der Waals surface area (Å²) in [4.78, 5) is 15.6. The van der Waals surface area contributed by atoms with Gasteiger partial charge in [0.2, 0.25) is 9.84 Å². The summed E-state index contributed by atoms with van der Waals surface area (Å²) in [6, 6.07) is 14.4. The van der Waals surface area contributed by atoms with Crippen molar-refractivity contribution in [3.63, 3.8) is 0 Å². The maximum atomic E-state index is 12.9. The number of carbonyl (C=O) groups excluding carboxylic acids is 1. The SMILES string of the molecule is COc1ccc(S(=O)(=O)c2ccc3cccc(/C=C/C(=O)NO)c3n2)cc1. The average molecular weight is 384 g/mol. The van der Waals surface area contributed by atoms with Gasteiger partial charge in [-0.3, -0.25) is 10.0 Å². The first-order valence-electron chi connectivity index (χ1n) is 7.87. The lowest BCUT2D eigenvalue weighted by Crippen LogP contribution is -2.14. The van der Waals surface area contributed by atoms with Crippen LogP contribution in [0, 0.1) is 0 Å². The Kier molecular flexibility index (Phi) is 5.20. The second-order valence-corrected chi connectivity index (χ2v) is 7.45. The molecule has 1 aromatic heterocycles. The highest BCUT2D eigenvalue weighted by Crippen LogP contribution is 2.25. The van der Waals surface area contributed by atoms with E-state index in [0.717, 1.165) is 11.5 Å². The summed E-state index contributed by atoms with van der Waals surface area (Å²) in [6.45, 7) is 0. The van der Waals surface area contributed by atoms with E-state index in [-0.39, 0.29) is 9.92 Å². The number of rotatable bonds is 5. The molecule has 0 fully saturated rings. The Morgan fingerprint density at radius 3 is 2.52 bits per heavy atom. The van der Waals surface area contributed by atoms with Crippen LogP contribution in [0.5, 0.6) is 5.75 Å². The Morgan fingerprint density at radius 1 is 1.11 bits per heavy atom. The van der Waals surface area contributed by atoms with Gasteiger partial charge >= 0.3 is 0 Å². The third-order valence-electron chi connectivity index (χ3n) is 3.90. The first-order chi connectivity index (χ1) is 13.0. The lowest BCUT2D eigenvalue weighted by atomic mass is 10.1. The normalized spacial score (nSPS) is 11.6. The number of para-hydroxylation sites is 1. The Morgan fingerprint density at radius 2 is 1.85 bits per heavy atom. The summed E-state index contributed by atoms with van der Waals surface area (Å²) >= 11 is 0. The van der Waals surface area contributed by atoms with Gasteiger partial charge in [-0.25, -0.2) is 18.9 Å². The zero-order valence-electron chi connectivity index (χ0n) is 14.3. The zero-order valence-corrected chi connectivity index (χ0v) is 15.1. The van der Waals surface area contributed by atoms with Crippen LogP contribution in [-0.4, -0.2) is 31.6 Å². The number of nitrogens with zero attached hydrogens (tertiary/aromatic N) is 1. The number of aromatic nitrogens is 1. The highest BCUT2D eigenvalue weighted by molar-refractivity contribution is 7.91. The smallest absolute Gasteiger partial charge is 0.267 e. The number of carbonyl (C=O) groups is 1. The fourth-order valence-electron chi connectivity index (χ4n) is 2.51. The van der Waals surface area contributed by atoms with Crippen molar-refractivity contribution in [3.05, 3.63) is 66.2 Å². The van der Waals surface area contributed by atoms with Gasteiger partial charge in [0.15, 0.2) is 5.03 Å². The summed E-state index contributed by atoms with van der Waals surface area (Å²) in [5.41, 5.74) is 2.47. The molecule has 0 aliphatic carbocycles. The molecule has 2 aromatic carbocycles. The van der Waals surface area contributed by atoms with E-state index >= 15 is 0 Å². The Bertz CT molecular complexity index is 1120. The van der Waals surface area contributed by atoms with E-state index in [9.17, 15) is 13.2 Å². The highest BCUT2D eigenvalue weighted by atomic mass is 32.2. The van der Waals surface area contributed by atoms with Crippen molar-refractivity contribution in [3.8, 4) is 5.75 Å². The van der Waals surface area contributed by atoms with Gasteiger partial charge in [-0.15, -0.1) is 0 Å². The standard InChI is InChI=1S/C19H16N2O5S/c1-26-15-7-9-16(10-8-15)27(24,25)18-12-6-14-4-2-3-13(19(14)20-18)5-11-17(22)21-23/h2-12,23H,1H3,(H,21,22)/b11-5+. The van der Waals surface area contributed by atoms with Gasteiger partial charge in [-0.05, 0) is 42.5 Å². The number of hydrogen-bond donors (Lipinski definition) is 2. The lowest BCUT2D eigenvalue weighted by Gasteiger charge is -2.08. The summed E-state index contributed by atoms with van der Waals surface area (Å²) < 4.78 is 30.8. The lowest BCUT2D eigenvalue weighted by molar-refractivity contribution is -0.124. The van der Waals surface area contributed by atoms with Crippen molar-refractivity contribution in [1.29, 1.82) is 0 Å². The Labute approximate surface area is 155 Å². The first-order valence-corrected chi connectivity index (χ1v) is 9.35. The van der Waals surface area contributed by atoms with E-state index in [1.807, 2.05) is 0 Å². The highest BCUT2D eigenvalue weighted by Gasteiger charge is 2.20. The van der Waals surface area contributed by atoms with Crippen LogP contribution < -0.4 is 10.2 Å². The van der Waals surface area contributed by atoms with Crippen LogP contribution >= 0.6 is 0 Å². The zero-order chi connectivity index (χ0) is 19.4. The molecule has 8 heteroatoms. The van der Waals surface area contributed by atoms with Crippen LogP contribution in [0.4, 0.5) is 0 Å². The molecule has 0 saturated heterocycles. The van der Waals surface area contributed by atoms with Crippen molar-refractivity contribution in [2.24, 2.45) is 0 Å². The van der Waals surface area contributed by atoms with Crippen LogP contribution in [0.25, 0.3) is 17.0 Å². The van der Waals surface area contributed by atoms with Crippen LogP contribution in [-0.2, 0) is 14.6 Å². The van der Waals surface area contributed by atoms with Crippen molar-refractivity contribution in [2.75, 3.05) is 7.11 Å². The number of hydrogen-bond acceptors (Lipinski definition) is 6. The Hall–Kier alpha value is -3.23. The summed E-state index contributed by atoms with van der Waals surface area (Å²) in [6.07, 6.45) is 2.58. The van der Waals surface area contributed by atoms with Crippen molar-refractivity contribution >= 4 is 32.7 Å². The number of pyridine rings is 1. The molecule has 7 nitrogen and oxygen atoms in total. The molecule has 1 heterocycles. The van der Waals surface area contributed by atoms with Gasteiger partial charge in [0.25, 0.3) is 5.91 Å². The van der Waals surface area contributed by atoms with Gasteiger partial charge in [0, 0.05) is 17.0 Å². The number of nitrogens with one attached hydrogen (secondary N) is 1. The predicted octanol–water partition coefficient (Wildman–Crippen LogP) is 2.59. The van der Waals surface area contributed by atoms with E-state index in [0.29, 0.717) is 16.8 Å². The van der Waals surface area contributed by atoms with E-state index in [2.05, 4.69) is 4.98 Å². The minimum absolute atomic E-state index is 0.0998. The molecule has 0 aliphatic rings. The van der Waals surface area contributed by atoms with Crippen LogP contribution in [0.3, 0.4) is 0 Å². The average Bonchev–Trinajstić information content (AvgIpc) is 2.71. The topological polar surface area (TPSA) is 106 Å². The maximum absolute atomic E-state index is 12.9. The molecule has 0 atom stereocenters. The van der Waals surface area contributed by atoms with Gasteiger partial charge in [0.05, 0.1) is 17.5 Å². The van der Waals surface area contributed by atoms with E-state index in [1.165, 1.54) is 36.9 Å². The fourth-order valence-corrected chi connectivity index (χ4v) is 3.71. The number of hydroxylamine groups is 1. The molecular formula is C19H16N2O5S. The van der Waals surface area contributed by atoms with E-state index < -0.39 is 15.7 Å². The number of methoxy groups -OCH3 is 1. The molecule has 2 N–H and O–H groups in total. The fraction of sp³-hybridized carbons (Fsp3) is 0.0526. The predicted molar refractivity (Wildman–Crippen MR) is 99.2 cm³/mol. The number of benzene rings is 2. The van der Waals surface area contributed by atoms with Gasteiger partial charge in [-0.1, -0.05) is 18.2 Å². The van der Waals surface area contributed by atoms with Crippen molar-refractivity contribution in [1.82, 2.24) is 10.5 Å². The Balaban J connectivity index is 2.09. The van der Waals surface area contributed by atoms with Gasteiger partial charge in [-0.2, -0.15) is 0 Å². The van der Waals surface area contributed by atoms with Gasteiger partial charge < -0.3 is 4.74 Å². The molecule has 138 valence electrons. The molecule has 3 aromatic rings. The third-order valence-corrected chi connectivity index (χ3v) is 5.57. The van der Waals surface area contributed by atoms with Crippen LogP contribution in [0.1, 0.15) is 5.56 Å². The quantitative estimate of drug-likeness (QED) is 0.398. The molecular weight excluding hydrogens is 368 g/mol. The number of amides is 1.